The van der Waals surface area contributed by atoms with Crippen molar-refractivity contribution in [3.8, 4) is 5.75 Å². The van der Waals surface area contributed by atoms with Crippen molar-refractivity contribution in [1.29, 1.82) is 0 Å². The molecule has 26 heavy (non-hydrogen) atoms. The lowest BCUT2D eigenvalue weighted by atomic mass is 10.2. The van der Waals surface area contributed by atoms with Crippen LogP contribution in [0.15, 0.2) is 51.8 Å². The van der Waals surface area contributed by atoms with Gasteiger partial charge in [-0.15, -0.1) is 0 Å². The molecule has 0 bridgehead atoms. The molecule has 0 aliphatic rings. The van der Waals surface area contributed by atoms with Crippen LogP contribution in [0.1, 0.15) is 13.8 Å². The lowest BCUT2D eigenvalue weighted by Gasteiger charge is -2.15. The Bertz CT molecular complexity index is 888. The maximum Gasteiger partial charge on any atom is 0.242 e. The summed E-state index contributed by atoms with van der Waals surface area (Å²) in [4.78, 5) is 12.2. The van der Waals surface area contributed by atoms with Crippen LogP contribution in [0.5, 0.6) is 5.75 Å². The highest BCUT2D eigenvalue weighted by molar-refractivity contribution is 9.10. The molecule has 6 nitrogen and oxygen atoms in total. The minimum Gasteiger partial charge on any atom is -0.494 e. The van der Waals surface area contributed by atoms with Gasteiger partial charge in [0.1, 0.15) is 11.6 Å². The second kappa shape index (κ2) is 8.61. The van der Waals surface area contributed by atoms with Crippen LogP contribution in [-0.2, 0) is 14.8 Å². The van der Waals surface area contributed by atoms with E-state index in [4.69, 9.17) is 4.74 Å². The maximum absolute atomic E-state index is 13.8. The van der Waals surface area contributed by atoms with E-state index in [-0.39, 0.29) is 10.6 Å². The van der Waals surface area contributed by atoms with Gasteiger partial charge in [0, 0.05) is 4.47 Å². The standard InChI is InChI=1S/C17H18BrFN2O4S/c1-3-25-13-5-7-14(8-6-13)26(23,24)21-11(2)17(22)20-16-9-4-12(18)10-15(16)19/h4-11,21H,3H2,1-2H3,(H,20,22). The number of hydrogen-bond acceptors (Lipinski definition) is 4. The first-order valence-corrected chi connectivity index (χ1v) is 10.0. The average Bonchev–Trinajstić information content (AvgIpc) is 2.57. The minimum absolute atomic E-state index is 0.00424. The third-order valence-electron chi connectivity index (χ3n) is 3.36. The predicted octanol–water partition coefficient (Wildman–Crippen LogP) is 3.29. The molecule has 0 saturated carbocycles. The molecule has 0 radical (unpaired) electrons. The largest absolute Gasteiger partial charge is 0.494 e. The zero-order valence-corrected chi connectivity index (χ0v) is 16.5. The van der Waals surface area contributed by atoms with Gasteiger partial charge in [0.25, 0.3) is 0 Å². The summed E-state index contributed by atoms with van der Waals surface area (Å²) in [5.41, 5.74) is -0.0367. The number of nitrogens with one attached hydrogen (secondary N) is 2. The molecule has 1 unspecified atom stereocenters. The number of ether oxygens (including phenoxy) is 1. The molecule has 1 atom stereocenters. The number of sulfonamides is 1. The Labute approximate surface area is 159 Å². The Hall–Kier alpha value is -1.97. The van der Waals surface area contributed by atoms with Crippen molar-refractivity contribution in [1.82, 2.24) is 4.72 Å². The zero-order valence-electron chi connectivity index (χ0n) is 14.1. The maximum atomic E-state index is 13.8. The van der Waals surface area contributed by atoms with Crippen LogP contribution in [-0.4, -0.2) is 27.0 Å². The highest BCUT2D eigenvalue weighted by Gasteiger charge is 2.22. The van der Waals surface area contributed by atoms with Crippen LogP contribution in [0.3, 0.4) is 0 Å². The summed E-state index contributed by atoms with van der Waals surface area (Å²) in [5, 5.41) is 2.36. The third kappa shape index (κ3) is 5.26. The van der Waals surface area contributed by atoms with Gasteiger partial charge in [0.05, 0.1) is 23.2 Å². The van der Waals surface area contributed by atoms with Crippen molar-refractivity contribution in [3.63, 3.8) is 0 Å². The minimum atomic E-state index is -3.91. The van der Waals surface area contributed by atoms with Gasteiger partial charge in [-0.05, 0) is 56.3 Å². The van der Waals surface area contributed by atoms with Crippen molar-refractivity contribution >= 4 is 37.5 Å². The number of hydrogen-bond donors (Lipinski definition) is 2. The molecule has 0 aliphatic carbocycles. The van der Waals surface area contributed by atoms with Crippen molar-refractivity contribution in [2.75, 3.05) is 11.9 Å². The monoisotopic (exact) mass is 444 g/mol. The van der Waals surface area contributed by atoms with Crippen LogP contribution < -0.4 is 14.8 Å². The fraction of sp³-hybridized carbons (Fsp3) is 0.235. The molecule has 9 heteroatoms. The quantitative estimate of drug-likeness (QED) is 0.685. The predicted molar refractivity (Wildman–Crippen MR) is 100 cm³/mol. The van der Waals surface area contributed by atoms with Gasteiger partial charge >= 0.3 is 0 Å². The Kier molecular flexibility index (Phi) is 6.74. The smallest absolute Gasteiger partial charge is 0.242 e. The zero-order chi connectivity index (χ0) is 19.3. The van der Waals surface area contributed by atoms with Gasteiger partial charge < -0.3 is 10.1 Å². The normalized spacial score (nSPS) is 12.5. The number of rotatable bonds is 7. The number of carbonyl (C=O) groups excluding carboxylic acids is 1. The molecule has 0 saturated heterocycles. The fourth-order valence-corrected chi connectivity index (χ4v) is 3.60. The second-order valence-electron chi connectivity index (χ2n) is 5.36. The van der Waals surface area contributed by atoms with Crippen LogP contribution in [0.25, 0.3) is 0 Å². The summed E-state index contributed by atoms with van der Waals surface area (Å²) in [7, 11) is -3.91. The molecule has 140 valence electrons. The SMILES string of the molecule is CCOc1ccc(S(=O)(=O)NC(C)C(=O)Nc2ccc(Br)cc2F)cc1. The molecule has 1 amide bonds. The highest BCUT2D eigenvalue weighted by Crippen LogP contribution is 2.20. The van der Waals surface area contributed by atoms with Crippen molar-refractivity contribution in [3.05, 3.63) is 52.8 Å². The fourth-order valence-electron chi connectivity index (χ4n) is 2.07. The summed E-state index contributed by atoms with van der Waals surface area (Å²) >= 11 is 3.12. The molecule has 2 N–H and O–H groups in total. The first-order chi connectivity index (χ1) is 12.2. The second-order valence-corrected chi connectivity index (χ2v) is 7.99. The van der Waals surface area contributed by atoms with Gasteiger partial charge in [-0.3, -0.25) is 4.79 Å². The number of amides is 1. The highest BCUT2D eigenvalue weighted by atomic mass is 79.9. The molecule has 0 spiro atoms. The van der Waals surface area contributed by atoms with E-state index in [2.05, 4.69) is 26.0 Å². The van der Waals surface area contributed by atoms with Crippen LogP contribution >= 0.6 is 15.9 Å². The molecule has 2 aromatic carbocycles. The first kappa shape index (κ1) is 20.3. The van der Waals surface area contributed by atoms with E-state index >= 15 is 0 Å². The number of halogens is 2. The Morgan fingerprint density at radius 1 is 1.23 bits per heavy atom. The van der Waals surface area contributed by atoms with Crippen LogP contribution in [0.4, 0.5) is 10.1 Å². The number of anilines is 1. The van der Waals surface area contributed by atoms with E-state index in [9.17, 15) is 17.6 Å². The lowest BCUT2D eigenvalue weighted by molar-refractivity contribution is -0.117. The lowest BCUT2D eigenvalue weighted by Crippen LogP contribution is -2.41. The van der Waals surface area contributed by atoms with Gasteiger partial charge in [-0.2, -0.15) is 4.72 Å². The van der Waals surface area contributed by atoms with Crippen molar-refractivity contribution in [2.24, 2.45) is 0 Å². The summed E-state index contributed by atoms with van der Waals surface area (Å²) in [6.07, 6.45) is 0. The number of benzene rings is 2. The topological polar surface area (TPSA) is 84.5 Å². The molecule has 0 aromatic heterocycles. The number of carbonyl (C=O) groups is 1. The molecule has 2 aromatic rings. The van der Waals surface area contributed by atoms with E-state index in [0.29, 0.717) is 16.8 Å². The summed E-state index contributed by atoms with van der Waals surface area (Å²) in [6, 6.07) is 8.86. The van der Waals surface area contributed by atoms with Crippen LogP contribution in [0, 0.1) is 5.82 Å². The van der Waals surface area contributed by atoms with E-state index in [1.165, 1.54) is 43.3 Å². The molecule has 2 rings (SSSR count). The van der Waals surface area contributed by atoms with E-state index < -0.39 is 27.8 Å². The van der Waals surface area contributed by atoms with E-state index in [1.807, 2.05) is 6.92 Å². The molecule has 0 fully saturated rings. The first-order valence-electron chi connectivity index (χ1n) is 7.74. The summed E-state index contributed by atoms with van der Waals surface area (Å²) < 4.78 is 46.6. The van der Waals surface area contributed by atoms with E-state index in [0.717, 1.165) is 0 Å². The van der Waals surface area contributed by atoms with Crippen molar-refractivity contribution < 1.29 is 22.3 Å². The Balaban J connectivity index is 2.06. The van der Waals surface area contributed by atoms with Gasteiger partial charge in [-0.25, -0.2) is 12.8 Å². The molecular formula is C17H18BrFN2O4S. The van der Waals surface area contributed by atoms with Gasteiger partial charge in [0.2, 0.25) is 15.9 Å². The van der Waals surface area contributed by atoms with Crippen molar-refractivity contribution in [2.45, 2.75) is 24.8 Å². The average molecular weight is 445 g/mol. The Morgan fingerprint density at radius 3 is 2.46 bits per heavy atom. The van der Waals surface area contributed by atoms with Crippen LogP contribution in [0.2, 0.25) is 0 Å². The third-order valence-corrected chi connectivity index (χ3v) is 5.41. The van der Waals surface area contributed by atoms with Gasteiger partial charge in [-0.1, -0.05) is 15.9 Å². The molecule has 0 heterocycles. The molecular weight excluding hydrogens is 427 g/mol. The summed E-state index contributed by atoms with van der Waals surface area (Å²) in [5.74, 6) is -0.766. The van der Waals surface area contributed by atoms with E-state index in [1.54, 1.807) is 6.07 Å². The summed E-state index contributed by atoms with van der Waals surface area (Å²) in [6.45, 7) is 3.66. The van der Waals surface area contributed by atoms with Gasteiger partial charge in [0.15, 0.2) is 0 Å². The Morgan fingerprint density at radius 2 is 1.88 bits per heavy atom. The molecule has 0 aliphatic heterocycles.